The van der Waals surface area contributed by atoms with Crippen molar-refractivity contribution in [3.8, 4) is 11.5 Å². The predicted octanol–water partition coefficient (Wildman–Crippen LogP) is 3.41. The Morgan fingerprint density at radius 3 is 2.69 bits per heavy atom. The van der Waals surface area contributed by atoms with Gasteiger partial charge in [0, 0.05) is 4.47 Å². The van der Waals surface area contributed by atoms with E-state index < -0.39 is 0 Å². The third kappa shape index (κ3) is 1.65. The molecule has 2 rings (SSSR count). The molecular weight excluding hydrogens is 230 g/mol. The molecule has 2 aromatic rings. The lowest BCUT2D eigenvalue weighted by atomic mass is 10.2. The molecule has 0 spiro atoms. The highest BCUT2D eigenvalue weighted by atomic mass is 79.9. The Hall–Kier alpha value is -1.09. The Labute approximate surface area is 84.7 Å². The standard InChI is InChI=1S/C10H8BrNO/c1-7-6-12-10(13-7)8-4-2-3-5-9(8)11/h2-6H,1H3. The van der Waals surface area contributed by atoms with Gasteiger partial charge in [-0.3, -0.25) is 0 Å². The molecule has 0 atom stereocenters. The van der Waals surface area contributed by atoms with E-state index in [4.69, 9.17) is 4.42 Å². The van der Waals surface area contributed by atoms with Crippen molar-refractivity contribution in [3.05, 3.63) is 40.7 Å². The molecular formula is C10H8BrNO. The molecule has 0 aliphatic rings. The van der Waals surface area contributed by atoms with Crippen LogP contribution in [0.3, 0.4) is 0 Å². The number of oxazole rings is 1. The van der Waals surface area contributed by atoms with Gasteiger partial charge in [-0.15, -0.1) is 0 Å². The zero-order valence-corrected chi connectivity index (χ0v) is 8.71. The van der Waals surface area contributed by atoms with E-state index in [0.717, 1.165) is 15.8 Å². The van der Waals surface area contributed by atoms with Crippen molar-refractivity contribution in [2.45, 2.75) is 6.92 Å². The minimum atomic E-state index is 0.657. The number of halogens is 1. The number of rotatable bonds is 1. The molecule has 1 heterocycles. The monoisotopic (exact) mass is 237 g/mol. The van der Waals surface area contributed by atoms with Gasteiger partial charge in [0.25, 0.3) is 0 Å². The van der Waals surface area contributed by atoms with Gasteiger partial charge in [-0.25, -0.2) is 4.98 Å². The van der Waals surface area contributed by atoms with E-state index >= 15 is 0 Å². The fourth-order valence-electron chi connectivity index (χ4n) is 1.11. The van der Waals surface area contributed by atoms with Crippen molar-refractivity contribution in [1.82, 2.24) is 4.98 Å². The Bertz CT molecular complexity index is 422. The van der Waals surface area contributed by atoms with Crippen molar-refractivity contribution in [2.24, 2.45) is 0 Å². The van der Waals surface area contributed by atoms with Crippen LogP contribution in [0.15, 0.2) is 39.4 Å². The van der Waals surface area contributed by atoms with Gasteiger partial charge < -0.3 is 4.42 Å². The van der Waals surface area contributed by atoms with Crippen LogP contribution in [-0.2, 0) is 0 Å². The zero-order valence-electron chi connectivity index (χ0n) is 7.12. The molecule has 3 heteroatoms. The molecule has 1 aromatic heterocycles. The molecule has 0 saturated heterocycles. The van der Waals surface area contributed by atoms with Crippen molar-refractivity contribution >= 4 is 15.9 Å². The number of hydrogen-bond donors (Lipinski definition) is 0. The maximum absolute atomic E-state index is 5.41. The summed E-state index contributed by atoms with van der Waals surface area (Å²) in [6.45, 7) is 1.88. The lowest BCUT2D eigenvalue weighted by Crippen LogP contribution is -1.77. The maximum Gasteiger partial charge on any atom is 0.227 e. The Balaban J connectivity index is 2.52. The molecule has 0 bridgehead atoms. The van der Waals surface area contributed by atoms with Crippen LogP contribution in [0.25, 0.3) is 11.5 Å². The minimum absolute atomic E-state index is 0.657. The lowest BCUT2D eigenvalue weighted by Gasteiger charge is -1.97. The largest absolute Gasteiger partial charge is 0.441 e. The average molecular weight is 238 g/mol. The van der Waals surface area contributed by atoms with Crippen LogP contribution in [0.1, 0.15) is 5.76 Å². The van der Waals surface area contributed by atoms with E-state index in [2.05, 4.69) is 20.9 Å². The Kier molecular flexibility index (Phi) is 2.19. The topological polar surface area (TPSA) is 26.0 Å². The number of aryl methyl sites for hydroxylation is 1. The molecule has 1 aromatic carbocycles. The highest BCUT2D eigenvalue weighted by Crippen LogP contribution is 2.26. The van der Waals surface area contributed by atoms with Crippen molar-refractivity contribution < 1.29 is 4.42 Å². The minimum Gasteiger partial charge on any atom is -0.441 e. The fraction of sp³-hybridized carbons (Fsp3) is 0.100. The third-order valence-electron chi connectivity index (χ3n) is 1.73. The average Bonchev–Trinajstić information content (AvgIpc) is 2.53. The van der Waals surface area contributed by atoms with E-state index in [-0.39, 0.29) is 0 Å². The highest BCUT2D eigenvalue weighted by Gasteiger charge is 2.06. The van der Waals surface area contributed by atoms with Crippen molar-refractivity contribution in [1.29, 1.82) is 0 Å². The van der Waals surface area contributed by atoms with Crippen LogP contribution >= 0.6 is 15.9 Å². The van der Waals surface area contributed by atoms with E-state index in [1.807, 2.05) is 31.2 Å². The molecule has 2 nitrogen and oxygen atoms in total. The Morgan fingerprint density at radius 2 is 2.08 bits per heavy atom. The summed E-state index contributed by atoms with van der Waals surface area (Å²) in [5, 5.41) is 0. The van der Waals surface area contributed by atoms with Gasteiger partial charge in [0.05, 0.1) is 11.8 Å². The number of benzene rings is 1. The molecule has 0 aliphatic heterocycles. The normalized spacial score (nSPS) is 10.3. The first-order chi connectivity index (χ1) is 6.27. The number of nitrogens with zero attached hydrogens (tertiary/aromatic N) is 1. The van der Waals surface area contributed by atoms with Gasteiger partial charge in [-0.2, -0.15) is 0 Å². The van der Waals surface area contributed by atoms with Gasteiger partial charge in [0.15, 0.2) is 0 Å². The van der Waals surface area contributed by atoms with E-state index in [1.165, 1.54) is 0 Å². The predicted molar refractivity (Wildman–Crippen MR) is 54.4 cm³/mol. The molecule has 0 saturated carbocycles. The highest BCUT2D eigenvalue weighted by molar-refractivity contribution is 9.10. The van der Waals surface area contributed by atoms with Crippen molar-refractivity contribution in [2.75, 3.05) is 0 Å². The van der Waals surface area contributed by atoms with Gasteiger partial charge in [-0.05, 0) is 35.0 Å². The first kappa shape index (κ1) is 8.51. The zero-order chi connectivity index (χ0) is 9.26. The summed E-state index contributed by atoms with van der Waals surface area (Å²) >= 11 is 3.44. The SMILES string of the molecule is Cc1cnc(-c2ccccc2Br)o1. The number of aromatic nitrogens is 1. The second-order valence-corrected chi connectivity index (χ2v) is 3.61. The molecule has 0 amide bonds. The molecule has 0 aliphatic carbocycles. The van der Waals surface area contributed by atoms with Crippen LogP contribution < -0.4 is 0 Å². The van der Waals surface area contributed by atoms with Crippen LogP contribution in [-0.4, -0.2) is 4.98 Å². The second kappa shape index (κ2) is 3.34. The molecule has 13 heavy (non-hydrogen) atoms. The third-order valence-corrected chi connectivity index (χ3v) is 2.42. The summed E-state index contributed by atoms with van der Waals surface area (Å²) in [5.41, 5.74) is 0.982. The van der Waals surface area contributed by atoms with Crippen molar-refractivity contribution in [3.63, 3.8) is 0 Å². The van der Waals surface area contributed by atoms with E-state index in [1.54, 1.807) is 6.20 Å². The summed E-state index contributed by atoms with van der Waals surface area (Å²) < 4.78 is 6.41. The second-order valence-electron chi connectivity index (χ2n) is 2.76. The van der Waals surface area contributed by atoms with Gasteiger partial charge in [0.2, 0.25) is 5.89 Å². The van der Waals surface area contributed by atoms with Crippen LogP contribution in [0.5, 0.6) is 0 Å². The van der Waals surface area contributed by atoms with E-state index in [0.29, 0.717) is 5.89 Å². The molecule has 0 fully saturated rings. The van der Waals surface area contributed by atoms with Crippen LogP contribution in [0, 0.1) is 6.92 Å². The summed E-state index contributed by atoms with van der Waals surface area (Å²) in [5.74, 6) is 1.48. The number of hydrogen-bond acceptors (Lipinski definition) is 2. The summed E-state index contributed by atoms with van der Waals surface area (Å²) in [7, 11) is 0. The van der Waals surface area contributed by atoms with Gasteiger partial charge in [-0.1, -0.05) is 12.1 Å². The first-order valence-corrected chi connectivity index (χ1v) is 4.74. The summed E-state index contributed by atoms with van der Waals surface area (Å²) in [4.78, 5) is 4.15. The smallest absolute Gasteiger partial charge is 0.227 e. The molecule has 0 radical (unpaired) electrons. The van der Waals surface area contributed by atoms with Gasteiger partial charge >= 0.3 is 0 Å². The Morgan fingerprint density at radius 1 is 1.31 bits per heavy atom. The van der Waals surface area contributed by atoms with Gasteiger partial charge in [0.1, 0.15) is 5.76 Å². The molecule has 0 unspecified atom stereocenters. The molecule has 0 N–H and O–H groups in total. The fourth-order valence-corrected chi connectivity index (χ4v) is 1.57. The van der Waals surface area contributed by atoms with Crippen LogP contribution in [0.4, 0.5) is 0 Å². The quantitative estimate of drug-likeness (QED) is 0.760. The maximum atomic E-state index is 5.41. The van der Waals surface area contributed by atoms with Crippen LogP contribution in [0.2, 0.25) is 0 Å². The molecule has 66 valence electrons. The first-order valence-electron chi connectivity index (χ1n) is 3.95. The summed E-state index contributed by atoms with van der Waals surface area (Å²) in [6.07, 6.45) is 1.72. The summed E-state index contributed by atoms with van der Waals surface area (Å²) in [6, 6.07) is 7.85. The lowest BCUT2D eigenvalue weighted by molar-refractivity contribution is 0.542. The van der Waals surface area contributed by atoms with E-state index in [9.17, 15) is 0 Å².